The number of likely N-dealkylation sites (N-methyl/N-ethyl adjacent to an activating group) is 1. The molecule has 6 rings (SSSR count). The van der Waals surface area contributed by atoms with E-state index >= 15 is 0 Å². The predicted octanol–water partition coefficient (Wildman–Crippen LogP) is 4.81. The lowest BCUT2D eigenvalue weighted by Crippen LogP contribution is -2.42. The number of aryl methyl sites for hydroxylation is 3. The van der Waals surface area contributed by atoms with Gasteiger partial charge in [-0.2, -0.15) is 0 Å². The summed E-state index contributed by atoms with van der Waals surface area (Å²) in [6.45, 7) is 4.11. The fraction of sp³-hybridized carbons (Fsp3) is 0.406. The number of carboxylic acid groups (broad SMARTS) is 1. The molecule has 0 radical (unpaired) electrons. The first-order valence-electron chi connectivity index (χ1n) is 14.4. The molecule has 43 heavy (non-hydrogen) atoms. The van der Waals surface area contributed by atoms with Crippen LogP contribution in [0.25, 0.3) is 11.3 Å². The molecule has 224 valence electrons. The van der Waals surface area contributed by atoms with Gasteiger partial charge in [-0.15, -0.1) is 11.3 Å². The highest BCUT2D eigenvalue weighted by Crippen LogP contribution is 2.46. The SMILES string of the molecule is Cc1sc2c(c1C(=O)O)C(=C=O)N(C)C=C2c1cc(Cl)ccc1OCCn1c(C)nc2c(c1=O)C[C@@H](N(C)C1CC1)CC2. The Morgan fingerprint density at radius 3 is 2.72 bits per heavy atom. The molecule has 2 aliphatic carbocycles. The monoisotopic (exact) mass is 620 g/mol. The maximum atomic E-state index is 13.6. The smallest absolute Gasteiger partial charge is 0.337 e. The van der Waals surface area contributed by atoms with Gasteiger partial charge in [0.05, 0.1) is 17.8 Å². The van der Waals surface area contributed by atoms with Crippen molar-refractivity contribution in [3.63, 3.8) is 0 Å². The molecule has 0 unspecified atom stereocenters. The van der Waals surface area contributed by atoms with Crippen molar-refractivity contribution in [3.8, 4) is 5.75 Å². The van der Waals surface area contributed by atoms with Gasteiger partial charge in [-0.05, 0) is 71.2 Å². The van der Waals surface area contributed by atoms with Gasteiger partial charge in [0.2, 0.25) is 0 Å². The Labute approximate surface area is 258 Å². The highest BCUT2D eigenvalue weighted by atomic mass is 35.5. The lowest BCUT2D eigenvalue weighted by atomic mass is 9.91. The van der Waals surface area contributed by atoms with Gasteiger partial charge < -0.3 is 19.6 Å². The second-order valence-corrected chi connectivity index (χ2v) is 13.1. The molecular weight excluding hydrogens is 588 g/mol. The fourth-order valence-electron chi connectivity index (χ4n) is 6.31. The van der Waals surface area contributed by atoms with Crippen molar-refractivity contribution >= 4 is 46.1 Å². The maximum absolute atomic E-state index is 13.6. The Morgan fingerprint density at radius 2 is 2.02 bits per heavy atom. The lowest BCUT2D eigenvalue weighted by Gasteiger charge is -2.32. The van der Waals surface area contributed by atoms with E-state index in [9.17, 15) is 19.5 Å². The number of hydrogen-bond acceptors (Lipinski definition) is 8. The van der Waals surface area contributed by atoms with E-state index in [1.165, 1.54) is 24.2 Å². The highest BCUT2D eigenvalue weighted by molar-refractivity contribution is 7.14. The third-order valence-electron chi connectivity index (χ3n) is 8.75. The standard InChI is InChI=1S/C32H33ClN4O5S/c1-17-28(32(40)41)29-26(16-38)35(3)15-24(30(29)43-17)22-13-19(33)5-10-27(22)42-12-11-37-18(2)34-25-9-8-21(14-23(25)31(37)39)36(4)20-6-7-20/h5,10,13,15,20-21H,6-9,11-12,14H2,1-4H3,(H,40,41)/t21-/m0/s1. The number of hydrogen-bond donors (Lipinski definition) is 1. The van der Waals surface area contributed by atoms with E-state index in [2.05, 4.69) is 11.9 Å². The largest absolute Gasteiger partial charge is 0.491 e. The third kappa shape index (κ3) is 5.33. The predicted molar refractivity (Wildman–Crippen MR) is 167 cm³/mol. The Kier molecular flexibility index (Phi) is 7.81. The quantitative estimate of drug-likeness (QED) is 0.358. The van der Waals surface area contributed by atoms with Crippen LogP contribution in [0.5, 0.6) is 5.75 Å². The summed E-state index contributed by atoms with van der Waals surface area (Å²) in [5, 5.41) is 10.4. The molecule has 1 atom stereocenters. The van der Waals surface area contributed by atoms with Crippen LogP contribution in [-0.2, 0) is 24.2 Å². The second-order valence-electron chi connectivity index (χ2n) is 11.5. The maximum Gasteiger partial charge on any atom is 0.337 e. The average Bonchev–Trinajstić information content (AvgIpc) is 3.76. The van der Waals surface area contributed by atoms with Crippen molar-refractivity contribution in [1.29, 1.82) is 0 Å². The summed E-state index contributed by atoms with van der Waals surface area (Å²) in [5.74, 6) is 2.00. The van der Waals surface area contributed by atoms with Crippen LogP contribution in [-0.4, -0.2) is 69.2 Å². The minimum Gasteiger partial charge on any atom is -0.491 e. The number of fused-ring (bicyclic) bond motifs is 2. The van der Waals surface area contributed by atoms with Crippen LogP contribution >= 0.6 is 22.9 Å². The molecule has 0 amide bonds. The van der Waals surface area contributed by atoms with Crippen molar-refractivity contribution in [2.24, 2.45) is 0 Å². The fourth-order valence-corrected chi connectivity index (χ4v) is 7.65. The Balaban J connectivity index is 1.29. The van der Waals surface area contributed by atoms with Crippen LogP contribution in [0, 0.1) is 13.8 Å². The number of benzene rings is 1. The summed E-state index contributed by atoms with van der Waals surface area (Å²) in [5.41, 5.74) is 3.65. The molecule has 0 saturated heterocycles. The van der Waals surface area contributed by atoms with Gasteiger partial charge in [-0.1, -0.05) is 11.6 Å². The van der Waals surface area contributed by atoms with Crippen LogP contribution in [0.15, 0.2) is 29.2 Å². The van der Waals surface area contributed by atoms with Gasteiger partial charge in [0.25, 0.3) is 5.56 Å². The van der Waals surface area contributed by atoms with Gasteiger partial charge >= 0.3 is 5.97 Å². The summed E-state index contributed by atoms with van der Waals surface area (Å²) >= 11 is 7.72. The normalized spacial score (nSPS) is 17.8. The van der Waals surface area contributed by atoms with Crippen LogP contribution in [0.2, 0.25) is 5.02 Å². The van der Waals surface area contributed by atoms with E-state index in [0.717, 1.165) is 30.5 Å². The zero-order chi connectivity index (χ0) is 30.6. The van der Waals surface area contributed by atoms with E-state index < -0.39 is 5.97 Å². The molecule has 1 aliphatic heterocycles. The molecule has 1 aromatic carbocycles. The van der Waals surface area contributed by atoms with Gasteiger partial charge in [-0.25, -0.2) is 14.6 Å². The van der Waals surface area contributed by atoms with E-state index in [0.29, 0.717) is 61.7 Å². The van der Waals surface area contributed by atoms with Gasteiger partial charge in [0.15, 0.2) is 5.94 Å². The first kappa shape index (κ1) is 29.4. The number of nitrogens with zero attached hydrogens (tertiary/aromatic N) is 4. The van der Waals surface area contributed by atoms with Crippen molar-refractivity contribution < 1.29 is 19.4 Å². The van der Waals surface area contributed by atoms with Gasteiger partial charge in [0.1, 0.15) is 23.9 Å². The van der Waals surface area contributed by atoms with Gasteiger partial charge in [0, 0.05) is 62.4 Å². The van der Waals surface area contributed by atoms with E-state index in [4.69, 9.17) is 21.3 Å². The number of halogens is 1. The minimum absolute atomic E-state index is 0.000947. The molecule has 11 heteroatoms. The molecule has 9 nitrogen and oxygen atoms in total. The Bertz CT molecular complexity index is 1780. The number of thiophene rings is 1. The summed E-state index contributed by atoms with van der Waals surface area (Å²) in [6.07, 6.45) is 6.78. The zero-order valence-corrected chi connectivity index (χ0v) is 26.1. The average molecular weight is 621 g/mol. The zero-order valence-electron chi connectivity index (χ0n) is 24.6. The Morgan fingerprint density at radius 1 is 1.26 bits per heavy atom. The van der Waals surface area contributed by atoms with Crippen LogP contribution in [0.4, 0.5) is 0 Å². The van der Waals surface area contributed by atoms with Crippen LogP contribution < -0.4 is 10.3 Å². The van der Waals surface area contributed by atoms with Crippen molar-refractivity contribution in [1.82, 2.24) is 19.4 Å². The minimum atomic E-state index is -1.11. The van der Waals surface area contributed by atoms with Crippen LogP contribution in [0.1, 0.15) is 67.6 Å². The van der Waals surface area contributed by atoms with E-state index in [1.54, 1.807) is 47.8 Å². The molecule has 3 aliphatic rings. The Hall–Kier alpha value is -3.69. The molecule has 3 aromatic rings. The first-order valence-corrected chi connectivity index (χ1v) is 15.6. The number of carboxylic acids is 1. The third-order valence-corrected chi connectivity index (χ3v) is 10.1. The number of ether oxygens (including phenoxy) is 1. The van der Waals surface area contributed by atoms with E-state index in [1.807, 2.05) is 12.9 Å². The first-order chi connectivity index (χ1) is 20.6. The molecule has 1 fully saturated rings. The molecule has 1 N–H and O–H groups in total. The highest BCUT2D eigenvalue weighted by Gasteiger charge is 2.35. The van der Waals surface area contributed by atoms with Crippen molar-refractivity contribution in [2.75, 3.05) is 20.7 Å². The molecule has 3 heterocycles. The molecule has 1 saturated carbocycles. The number of aromatic carboxylic acids is 1. The number of carbonyl (C=O) groups is 1. The second kappa shape index (κ2) is 11.4. The number of aromatic nitrogens is 2. The summed E-state index contributed by atoms with van der Waals surface area (Å²) < 4.78 is 7.98. The van der Waals surface area contributed by atoms with Crippen molar-refractivity contribution in [2.45, 2.75) is 64.6 Å². The van der Waals surface area contributed by atoms with Gasteiger partial charge in [-0.3, -0.25) is 9.36 Å². The summed E-state index contributed by atoms with van der Waals surface area (Å²) in [7, 11) is 3.85. The summed E-state index contributed by atoms with van der Waals surface area (Å²) in [6, 6.07) is 6.25. The lowest BCUT2D eigenvalue weighted by molar-refractivity contribution is 0.0696. The molecular formula is C32H33ClN4O5S. The number of rotatable bonds is 8. The topological polar surface area (TPSA) is 105 Å². The molecule has 2 aromatic heterocycles. The number of carbonyl (C=O) groups excluding carboxylic acids is 1. The van der Waals surface area contributed by atoms with Crippen molar-refractivity contribution in [3.05, 3.63) is 83.3 Å². The molecule has 0 bridgehead atoms. The molecule has 0 spiro atoms. The summed E-state index contributed by atoms with van der Waals surface area (Å²) in [4.78, 5) is 47.7. The van der Waals surface area contributed by atoms with Crippen LogP contribution in [0.3, 0.4) is 0 Å². The van der Waals surface area contributed by atoms with E-state index in [-0.39, 0.29) is 23.4 Å².